The van der Waals surface area contributed by atoms with Gasteiger partial charge in [-0.2, -0.15) is 4.31 Å². The van der Waals surface area contributed by atoms with Crippen LogP contribution in [0.25, 0.3) is 0 Å². The maximum absolute atomic E-state index is 12.7. The molecule has 0 spiro atoms. The van der Waals surface area contributed by atoms with Crippen LogP contribution in [0.15, 0.2) is 29.2 Å². The molecule has 0 aromatic heterocycles. The van der Waals surface area contributed by atoms with E-state index in [0.717, 1.165) is 12.8 Å². The first-order chi connectivity index (χ1) is 12.4. The Hall–Kier alpha value is -1.15. The van der Waals surface area contributed by atoms with E-state index in [0.29, 0.717) is 37.2 Å². The second kappa shape index (κ2) is 8.25. The third-order valence-electron chi connectivity index (χ3n) is 5.34. The average Bonchev–Trinajstić information content (AvgIpc) is 3.14. The van der Waals surface area contributed by atoms with Gasteiger partial charge in [0.25, 0.3) is 0 Å². The Balaban J connectivity index is 1.57. The highest BCUT2D eigenvalue weighted by molar-refractivity contribution is 7.89. The molecule has 1 aliphatic heterocycles. The van der Waals surface area contributed by atoms with Crippen LogP contribution in [0.5, 0.6) is 0 Å². The summed E-state index contributed by atoms with van der Waals surface area (Å²) in [5.74, 6) is 0.0445. The van der Waals surface area contributed by atoms with Crippen molar-refractivity contribution in [2.45, 2.75) is 49.6 Å². The molecular weight excluding hydrogens is 374 g/mol. The monoisotopic (exact) mass is 399 g/mol. The highest BCUT2D eigenvalue weighted by Crippen LogP contribution is 2.22. The van der Waals surface area contributed by atoms with E-state index >= 15 is 0 Å². The minimum Gasteiger partial charge on any atom is -0.352 e. The van der Waals surface area contributed by atoms with Gasteiger partial charge in [0.15, 0.2) is 0 Å². The normalized spacial score (nSPS) is 21.6. The summed E-state index contributed by atoms with van der Waals surface area (Å²) in [5.41, 5.74) is 0. The van der Waals surface area contributed by atoms with E-state index in [1.54, 1.807) is 18.2 Å². The summed E-state index contributed by atoms with van der Waals surface area (Å²) in [6, 6.07) is 6.39. The molecule has 1 unspecified atom stereocenters. The van der Waals surface area contributed by atoms with E-state index in [4.69, 9.17) is 11.6 Å². The number of nitrogens with zero attached hydrogens (tertiary/aromatic N) is 2. The molecule has 8 heteroatoms. The molecule has 1 saturated carbocycles. The predicted molar refractivity (Wildman–Crippen MR) is 102 cm³/mol. The molecule has 3 rings (SSSR count). The van der Waals surface area contributed by atoms with Gasteiger partial charge in [-0.3, -0.25) is 9.69 Å². The van der Waals surface area contributed by atoms with Crippen LogP contribution in [0.3, 0.4) is 0 Å². The van der Waals surface area contributed by atoms with Gasteiger partial charge in [-0.05, 0) is 38.0 Å². The van der Waals surface area contributed by atoms with Crippen LogP contribution < -0.4 is 5.32 Å². The van der Waals surface area contributed by atoms with Gasteiger partial charge >= 0.3 is 0 Å². The van der Waals surface area contributed by atoms with Crippen molar-refractivity contribution in [3.05, 3.63) is 29.3 Å². The van der Waals surface area contributed by atoms with Crippen molar-refractivity contribution in [1.29, 1.82) is 0 Å². The highest BCUT2D eigenvalue weighted by Gasteiger charge is 2.32. The fourth-order valence-corrected chi connectivity index (χ4v) is 5.39. The fraction of sp³-hybridized carbons (Fsp3) is 0.611. The Bertz CT molecular complexity index is 742. The predicted octanol–water partition coefficient (Wildman–Crippen LogP) is 2.09. The van der Waals surface area contributed by atoms with E-state index in [1.165, 1.54) is 23.2 Å². The first-order valence-corrected chi connectivity index (χ1v) is 11.0. The van der Waals surface area contributed by atoms with Gasteiger partial charge in [-0.25, -0.2) is 8.42 Å². The number of rotatable bonds is 5. The molecule has 144 valence electrons. The third kappa shape index (κ3) is 4.39. The SMILES string of the molecule is CC(C(=O)NC1CCCC1)N1CCN(S(=O)(=O)c2cccc(Cl)c2)CC1. The Morgan fingerprint density at radius 2 is 1.85 bits per heavy atom. The van der Waals surface area contributed by atoms with E-state index in [-0.39, 0.29) is 16.8 Å². The summed E-state index contributed by atoms with van der Waals surface area (Å²) >= 11 is 5.92. The zero-order valence-corrected chi connectivity index (χ0v) is 16.6. The Kier molecular flexibility index (Phi) is 6.22. The summed E-state index contributed by atoms with van der Waals surface area (Å²) in [7, 11) is -3.55. The Morgan fingerprint density at radius 3 is 2.46 bits per heavy atom. The second-order valence-corrected chi connectivity index (χ2v) is 9.44. The number of sulfonamides is 1. The zero-order chi connectivity index (χ0) is 18.7. The molecule has 1 amide bonds. The van der Waals surface area contributed by atoms with Crippen molar-refractivity contribution in [3.63, 3.8) is 0 Å². The smallest absolute Gasteiger partial charge is 0.243 e. The second-order valence-electron chi connectivity index (χ2n) is 7.06. The van der Waals surface area contributed by atoms with Crippen molar-refractivity contribution in [2.75, 3.05) is 26.2 Å². The molecule has 1 aromatic carbocycles. The number of carbonyl (C=O) groups is 1. The molecule has 1 aliphatic carbocycles. The van der Waals surface area contributed by atoms with Crippen LogP contribution in [0.1, 0.15) is 32.6 Å². The molecule has 6 nitrogen and oxygen atoms in total. The van der Waals surface area contributed by atoms with Crippen molar-refractivity contribution in [1.82, 2.24) is 14.5 Å². The van der Waals surface area contributed by atoms with Gasteiger partial charge in [0.1, 0.15) is 0 Å². The summed E-state index contributed by atoms with van der Waals surface area (Å²) in [6.07, 6.45) is 4.48. The van der Waals surface area contributed by atoms with Crippen LogP contribution >= 0.6 is 11.6 Å². The summed E-state index contributed by atoms with van der Waals surface area (Å²) in [5, 5.41) is 3.53. The Labute approximate surface area is 160 Å². The maximum Gasteiger partial charge on any atom is 0.243 e. The number of benzene rings is 1. The molecule has 1 N–H and O–H groups in total. The van der Waals surface area contributed by atoms with E-state index in [2.05, 4.69) is 5.32 Å². The quantitative estimate of drug-likeness (QED) is 0.823. The van der Waals surface area contributed by atoms with Crippen LogP contribution in [0.2, 0.25) is 5.02 Å². The van der Waals surface area contributed by atoms with Gasteiger partial charge in [0.2, 0.25) is 15.9 Å². The molecule has 0 radical (unpaired) electrons. The van der Waals surface area contributed by atoms with Crippen molar-refractivity contribution >= 4 is 27.5 Å². The first-order valence-electron chi connectivity index (χ1n) is 9.18. The molecule has 0 bridgehead atoms. The largest absolute Gasteiger partial charge is 0.352 e. The van der Waals surface area contributed by atoms with Crippen LogP contribution in [-0.4, -0.2) is 61.8 Å². The topological polar surface area (TPSA) is 69.7 Å². The number of piperazine rings is 1. The van der Waals surface area contributed by atoms with Crippen LogP contribution in [0, 0.1) is 0 Å². The van der Waals surface area contributed by atoms with Gasteiger partial charge in [0.05, 0.1) is 10.9 Å². The lowest BCUT2D eigenvalue weighted by atomic mass is 10.2. The zero-order valence-electron chi connectivity index (χ0n) is 15.0. The lowest BCUT2D eigenvalue weighted by molar-refractivity contribution is -0.127. The van der Waals surface area contributed by atoms with Crippen molar-refractivity contribution in [3.8, 4) is 0 Å². The summed E-state index contributed by atoms with van der Waals surface area (Å²) in [6.45, 7) is 3.72. The number of nitrogens with one attached hydrogen (secondary N) is 1. The van der Waals surface area contributed by atoms with E-state index in [9.17, 15) is 13.2 Å². The molecule has 1 atom stereocenters. The van der Waals surface area contributed by atoms with Crippen molar-refractivity contribution < 1.29 is 13.2 Å². The van der Waals surface area contributed by atoms with Gasteiger partial charge in [-0.1, -0.05) is 30.5 Å². The number of halogens is 1. The van der Waals surface area contributed by atoms with Gasteiger partial charge in [0, 0.05) is 37.2 Å². The lowest BCUT2D eigenvalue weighted by Crippen LogP contribution is -2.55. The number of carbonyl (C=O) groups excluding carboxylic acids is 1. The number of hydrogen-bond acceptors (Lipinski definition) is 4. The fourth-order valence-electron chi connectivity index (χ4n) is 3.67. The first kappa shape index (κ1) is 19.6. The summed E-state index contributed by atoms with van der Waals surface area (Å²) < 4.78 is 27.0. The average molecular weight is 400 g/mol. The number of amides is 1. The van der Waals surface area contributed by atoms with Gasteiger partial charge < -0.3 is 5.32 Å². The minimum absolute atomic E-state index is 0.0445. The molecule has 26 heavy (non-hydrogen) atoms. The number of hydrogen-bond donors (Lipinski definition) is 1. The Morgan fingerprint density at radius 1 is 1.19 bits per heavy atom. The molecule has 1 saturated heterocycles. The van der Waals surface area contributed by atoms with Crippen LogP contribution in [0.4, 0.5) is 0 Å². The molecule has 2 aliphatic rings. The summed E-state index contributed by atoms with van der Waals surface area (Å²) in [4.78, 5) is 14.7. The molecule has 2 fully saturated rings. The molecular formula is C18H26ClN3O3S. The highest BCUT2D eigenvalue weighted by atomic mass is 35.5. The van der Waals surface area contributed by atoms with Crippen molar-refractivity contribution in [2.24, 2.45) is 0 Å². The van der Waals surface area contributed by atoms with E-state index in [1.807, 2.05) is 11.8 Å². The third-order valence-corrected chi connectivity index (χ3v) is 7.47. The van der Waals surface area contributed by atoms with Gasteiger partial charge in [-0.15, -0.1) is 0 Å². The van der Waals surface area contributed by atoms with Crippen LogP contribution in [-0.2, 0) is 14.8 Å². The standard InChI is InChI=1S/C18H26ClN3O3S/c1-14(18(23)20-16-6-2-3-7-16)21-9-11-22(12-10-21)26(24,25)17-8-4-5-15(19)13-17/h4-5,8,13-14,16H,2-3,6-7,9-12H2,1H3,(H,20,23). The molecule has 1 aromatic rings. The molecule has 1 heterocycles. The maximum atomic E-state index is 12.7. The van der Waals surface area contributed by atoms with E-state index < -0.39 is 10.0 Å². The lowest BCUT2D eigenvalue weighted by Gasteiger charge is -2.37. The minimum atomic E-state index is -3.55.